The van der Waals surface area contributed by atoms with Crippen LogP contribution in [0.5, 0.6) is 5.88 Å². The zero-order valence-electron chi connectivity index (χ0n) is 13.1. The average molecular weight is 249 g/mol. The minimum absolute atomic E-state index is 0.110. The molecule has 1 aromatic heterocycles. The van der Waals surface area contributed by atoms with E-state index in [1.54, 1.807) is 7.11 Å². The van der Waals surface area contributed by atoms with Crippen LogP contribution in [0.15, 0.2) is 6.07 Å². The first kappa shape index (κ1) is 15.0. The SMILES string of the molecule is COc1cc(C(C)C)c(C(C)(C)C)c(C(C)C)n1. The molecule has 2 nitrogen and oxygen atoms in total. The number of nitrogens with zero attached hydrogens (tertiary/aromatic N) is 1. The average Bonchev–Trinajstić information content (AvgIpc) is 2.25. The van der Waals surface area contributed by atoms with Crippen molar-refractivity contribution in [3.05, 3.63) is 22.9 Å². The Bertz CT molecular complexity index is 385. The first-order chi connectivity index (χ1) is 8.18. The Morgan fingerprint density at radius 1 is 1.06 bits per heavy atom. The summed E-state index contributed by atoms with van der Waals surface area (Å²) in [4.78, 5) is 4.68. The lowest BCUT2D eigenvalue weighted by Crippen LogP contribution is -2.20. The predicted octanol–water partition coefficient (Wildman–Crippen LogP) is 4.63. The molecule has 0 N–H and O–H groups in total. The van der Waals surface area contributed by atoms with Crippen LogP contribution in [0.1, 0.15) is 77.1 Å². The van der Waals surface area contributed by atoms with E-state index in [4.69, 9.17) is 4.74 Å². The molecule has 1 rings (SSSR count). The van der Waals surface area contributed by atoms with Gasteiger partial charge in [-0.1, -0.05) is 48.5 Å². The van der Waals surface area contributed by atoms with E-state index in [9.17, 15) is 0 Å². The van der Waals surface area contributed by atoms with Crippen molar-refractivity contribution in [2.45, 2.75) is 65.7 Å². The standard InChI is InChI=1S/C16H27NO/c1-10(2)12-9-13(18-8)17-15(11(3)4)14(12)16(5,6)7/h9-11H,1-8H3. The Morgan fingerprint density at radius 2 is 1.61 bits per heavy atom. The van der Waals surface area contributed by atoms with Crippen molar-refractivity contribution >= 4 is 0 Å². The van der Waals surface area contributed by atoms with Crippen LogP contribution in [0.4, 0.5) is 0 Å². The lowest BCUT2D eigenvalue weighted by molar-refractivity contribution is 0.392. The van der Waals surface area contributed by atoms with Gasteiger partial charge in [0.1, 0.15) is 0 Å². The van der Waals surface area contributed by atoms with Crippen molar-refractivity contribution in [3.63, 3.8) is 0 Å². The molecule has 1 aromatic rings. The maximum absolute atomic E-state index is 5.35. The Morgan fingerprint density at radius 3 is 1.94 bits per heavy atom. The summed E-state index contributed by atoms with van der Waals surface area (Å²) in [6.45, 7) is 15.6. The van der Waals surface area contributed by atoms with Gasteiger partial charge in [0.05, 0.1) is 12.8 Å². The molecular weight excluding hydrogens is 222 g/mol. The van der Waals surface area contributed by atoms with Crippen LogP contribution in [-0.4, -0.2) is 12.1 Å². The summed E-state index contributed by atoms with van der Waals surface area (Å²) in [7, 11) is 1.69. The minimum Gasteiger partial charge on any atom is -0.481 e. The third-order valence-corrected chi connectivity index (χ3v) is 3.18. The maximum Gasteiger partial charge on any atom is 0.213 e. The van der Waals surface area contributed by atoms with E-state index in [1.807, 2.05) is 0 Å². The van der Waals surface area contributed by atoms with Gasteiger partial charge in [0.25, 0.3) is 0 Å². The largest absolute Gasteiger partial charge is 0.481 e. The molecule has 0 radical (unpaired) electrons. The highest BCUT2D eigenvalue weighted by atomic mass is 16.5. The molecule has 0 bridgehead atoms. The molecule has 0 saturated carbocycles. The Labute approximate surface area is 112 Å². The van der Waals surface area contributed by atoms with Gasteiger partial charge in [0, 0.05) is 6.07 Å². The lowest BCUT2D eigenvalue weighted by atomic mass is 9.78. The van der Waals surface area contributed by atoms with E-state index in [0.717, 1.165) is 5.88 Å². The summed E-state index contributed by atoms with van der Waals surface area (Å²) in [6, 6.07) is 2.09. The van der Waals surface area contributed by atoms with Crippen LogP contribution in [0.3, 0.4) is 0 Å². The van der Waals surface area contributed by atoms with Gasteiger partial charge in [-0.05, 0) is 28.4 Å². The highest BCUT2D eigenvalue weighted by molar-refractivity contribution is 5.42. The molecule has 0 atom stereocenters. The Balaban J connectivity index is 3.61. The van der Waals surface area contributed by atoms with E-state index in [-0.39, 0.29) is 5.41 Å². The van der Waals surface area contributed by atoms with Crippen LogP contribution in [-0.2, 0) is 5.41 Å². The fourth-order valence-electron chi connectivity index (χ4n) is 2.35. The fourth-order valence-corrected chi connectivity index (χ4v) is 2.35. The van der Waals surface area contributed by atoms with Crippen molar-refractivity contribution < 1.29 is 4.74 Å². The molecule has 1 heterocycles. The quantitative estimate of drug-likeness (QED) is 0.779. The number of aromatic nitrogens is 1. The smallest absolute Gasteiger partial charge is 0.213 e. The number of methoxy groups -OCH3 is 1. The molecule has 0 spiro atoms. The normalized spacial score (nSPS) is 12.3. The number of hydrogen-bond acceptors (Lipinski definition) is 2. The molecule has 102 valence electrons. The summed E-state index contributed by atoms with van der Waals surface area (Å²) in [5.74, 6) is 1.62. The maximum atomic E-state index is 5.35. The number of rotatable bonds is 3. The molecule has 0 aliphatic rings. The zero-order chi connectivity index (χ0) is 14.1. The molecule has 0 amide bonds. The zero-order valence-corrected chi connectivity index (χ0v) is 13.1. The van der Waals surface area contributed by atoms with Crippen molar-refractivity contribution in [3.8, 4) is 5.88 Å². The van der Waals surface area contributed by atoms with Crippen molar-refractivity contribution in [1.29, 1.82) is 0 Å². The van der Waals surface area contributed by atoms with Gasteiger partial charge >= 0.3 is 0 Å². The number of ether oxygens (including phenoxy) is 1. The van der Waals surface area contributed by atoms with Crippen LogP contribution in [0.25, 0.3) is 0 Å². The molecule has 0 fully saturated rings. The van der Waals surface area contributed by atoms with E-state index >= 15 is 0 Å². The topological polar surface area (TPSA) is 22.1 Å². The molecule has 0 unspecified atom stereocenters. The number of hydrogen-bond donors (Lipinski definition) is 0. The second kappa shape index (κ2) is 5.29. The third kappa shape index (κ3) is 3.04. The van der Waals surface area contributed by atoms with Gasteiger partial charge in [-0.2, -0.15) is 0 Å². The molecule has 0 aliphatic heterocycles. The lowest BCUT2D eigenvalue weighted by Gasteiger charge is -2.29. The molecule has 2 heteroatoms. The van der Waals surface area contributed by atoms with Crippen molar-refractivity contribution in [2.75, 3.05) is 7.11 Å². The van der Waals surface area contributed by atoms with E-state index in [1.165, 1.54) is 16.8 Å². The third-order valence-electron chi connectivity index (χ3n) is 3.18. The van der Waals surface area contributed by atoms with Crippen molar-refractivity contribution in [1.82, 2.24) is 4.98 Å². The molecular formula is C16H27NO. The highest BCUT2D eigenvalue weighted by Crippen LogP contribution is 2.37. The Kier molecular flexibility index (Phi) is 4.41. The first-order valence-corrected chi connectivity index (χ1v) is 6.77. The van der Waals surface area contributed by atoms with E-state index in [2.05, 4.69) is 59.5 Å². The summed E-state index contributed by atoms with van der Waals surface area (Å²) < 4.78 is 5.35. The number of pyridine rings is 1. The second-order valence-corrected chi connectivity index (χ2v) is 6.57. The second-order valence-electron chi connectivity index (χ2n) is 6.57. The van der Waals surface area contributed by atoms with Crippen LogP contribution < -0.4 is 4.74 Å². The fraction of sp³-hybridized carbons (Fsp3) is 0.688. The minimum atomic E-state index is 0.110. The van der Waals surface area contributed by atoms with Crippen LogP contribution >= 0.6 is 0 Å². The first-order valence-electron chi connectivity index (χ1n) is 6.77. The molecule has 0 saturated heterocycles. The monoisotopic (exact) mass is 249 g/mol. The molecule has 0 aliphatic carbocycles. The van der Waals surface area contributed by atoms with Gasteiger partial charge < -0.3 is 4.74 Å². The van der Waals surface area contributed by atoms with Gasteiger partial charge in [-0.15, -0.1) is 0 Å². The summed E-state index contributed by atoms with van der Waals surface area (Å²) in [6.07, 6.45) is 0. The summed E-state index contributed by atoms with van der Waals surface area (Å²) in [5.41, 5.74) is 4.02. The van der Waals surface area contributed by atoms with Crippen molar-refractivity contribution in [2.24, 2.45) is 0 Å². The van der Waals surface area contributed by atoms with Gasteiger partial charge in [0.2, 0.25) is 5.88 Å². The summed E-state index contributed by atoms with van der Waals surface area (Å²) >= 11 is 0. The summed E-state index contributed by atoms with van der Waals surface area (Å²) in [5, 5.41) is 0. The molecule has 0 aromatic carbocycles. The van der Waals surface area contributed by atoms with Gasteiger partial charge in [-0.25, -0.2) is 4.98 Å². The Hall–Kier alpha value is -1.05. The predicted molar refractivity (Wildman–Crippen MR) is 77.7 cm³/mol. The van der Waals surface area contributed by atoms with E-state index in [0.29, 0.717) is 11.8 Å². The highest BCUT2D eigenvalue weighted by Gasteiger charge is 2.26. The molecule has 18 heavy (non-hydrogen) atoms. The van der Waals surface area contributed by atoms with Gasteiger partial charge in [0.15, 0.2) is 0 Å². The van der Waals surface area contributed by atoms with Gasteiger partial charge in [-0.3, -0.25) is 0 Å². The van der Waals surface area contributed by atoms with Crippen LogP contribution in [0, 0.1) is 0 Å². The van der Waals surface area contributed by atoms with Crippen LogP contribution in [0.2, 0.25) is 0 Å². The van der Waals surface area contributed by atoms with E-state index < -0.39 is 0 Å².